The summed E-state index contributed by atoms with van der Waals surface area (Å²) in [6.45, 7) is 0. The number of rotatable bonds is 0. The Morgan fingerprint density at radius 3 is 2.22 bits per heavy atom. The predicted molar refractivity (Wildman–Crippen MR) is 86.7 cm³/mol. The van der Waals surface area contributed by atoms with Crippen LogP contribution in [0, 0.1) is 11.2 Å². The minimum atomic E-state index is 1.000. The number of benzene rings is 3. The van der Waals surface area contributed by atoms with Gasteiger partial charge in [0.25, 0.3) is 0 Å². The van der Waals surface area contributed by atoms with E-state index in [-0.39, 0.29) is 0 Å². The van der Waals surface area contributed by atoms with Crippen LogP contribution in [0.25, 0.3) is 21.5 Å². The topological polar surface area (TPSA) is 0 Å². The van der Waals surface area contributed by atoms with Crippen LogP contribution in [0.15, 0.2) is 48.5 Å². The highest BCUT2D eigenvalue weighted by molar-refractivity contribution is 7.85. The van der Waals surface area contributed by atoms with Crippen molar-refractivity contribution in [2.75, 3.05) is 0 Å². The molecule has 0 amide bonds. The molecule has 1 atom stereocenters. The van der Waals surface area contributed by atoms with Gasteiger partial charge in [-0.25, -0.2) is 0 Å². The Bertz CT molecular complexity index is 810. The summed E-state index contributed by atoms with van der Waals surface area (Å²) in [6, 6.07) is 17.0. The first kappa shape index (κ1) is 11.6. The molecule has 0 aliphatic carbocycles. The van der Waals surface area contributed by atoms with Gasteiger partial charge in [-0.3, -0.25) is 0 Å². The quantitative estimate of drug-likeness (QED) is 0.272. The highest BCUT2D eigenvalue weighted by atomic mass is 32.1. The number of fused-ring (bicyclic) bond motifs is 3. The molecule has 2 heteroatoms. The smallest absolute Gasteiger partial charge is 0.0260 e. The molecule has 0 radical (unpaired) electrons. The molecule has 3 rings (SSSR count). The van der Waals surface area contributed by atoms with Crippen molar-refractivity contribution in [2.24, 2.45) is 0 Å². The minimum absolute atomic E-state index is 1.000. The molecule has 0 heterocycles. The first-order chi connectivity index (χ1) is 8.78. The SMILES string of the molecule is Pc1ccc2c(ccc3cc(C#CS)ccc32)c1. The van der Waals surface area contributed by atoms with E-state index in [9.17, 15) is 0 Å². The summed E-state index contributed by atoms with van der Waals surface area (Å²) in [7, 11) is 2.73. The Balaban J connectivity index is 2.37. The van der Waals surface area contributed by atoms with Gasteiger partial charge in [-0.05, 0) is 50.3 Å². The van der Waals surface area contributed by atoms with Crippen LogP contribution in [0.2, 0.25) is 0 Å². The van der Waals surface area contributed by atoms with Gasteiger partial charge in [0.15, 0.2) is 0 Å². The Morgan fingerprint density at radius 2 is 1.50 bits per heavy atom. The van der Waals surface area contributed by atoms with Crippen LogP contribution in [-0.4, -0.2) is 0 Å². The van der Waals surface area contributed by atoms with Crippen molar-refractivity contribution in [3.8, 4) is 11.2 Å². The monoisotopic (exact) mass is 266 g/mol. The van der Waals surface area contributed by atoms with Crippen LogP contribution < -0.4 is 5.30 Å². The van der Waals surface area contributed by atoms with Crippen molar-refractivity contribution in [1.29, 1.82) is 0 Å². The fourth-order valence-electron chi connectivity index (χ4n) is 2.23. The zero-order chi connectivity index (χ0) is 12.5. The second kappa shape index (κ2) is 4.65. The first-order valence-electron chi connectivity index (χ1n) is 5.65. The zero-order valence-electron chi connectivity index (χ0n) is 9.64. The van der Waals surface area contributed by atoms with E-state index in [2.05, 4.69) is 75.5 Å². The third-order valence-electron chi connectivity index (χ3n) is 3.06. The van der Waals surface area contributed by atoms with E-state index in [0.29, 0.717) is 0 Å². The van der Waals surface area contributed by atoms with E-state index in [0.717, 1.165) is 5.56 Å². The Morgan fingerprint density at radius 1 is 0.833 bits per heavy atom. The summed E-state index contributed by atoms with van der Waals surface area (Å²) in [6.07, 6.45) is 0. The fraction of sp³-hybridized carbons (Fsp3) is 0. The molecule has 3 aromatic rings. The van der Waals surface area contributed by atoms with Crippen molar-refractivity contribution in [3.63, 3.8) is 0 Å². The van der Waals surface area contributed by atoms with Gasteiger partial charge in [0.2, 0.25) is 0 Å². The van der Waals surface area contributed by atoms with Crippen molar-refractivity contribution in [1.82, 2.24) is 0 Å². The lowest BCUT2D eigenvalue weighted by Gasteiger charge is -2.05. The maximum Gasteiger partial charge on any atom is 0.0260 e. The van der Waals surface area contributed by atoms with Crippen molar-refractivity contribution < 1.29 is 0 Å². The molecule has 0 aliphatic heterocycles. The van der Waals surface area contributed by atoms with Gasteiger partial charge in [0, 0.05) is 5.56 Å². The summed E-state index contributed by atoms with van der Waals surface area (Å²) in [5.41, 5.74) is 1.000. The van der Waals surface area contributed by atoms with E-state index in [1.165, 1.54) is 26.8 Å². The lowest BCUT2D eigenvalue weighted by Crippen LogP contribution is -1.88. The molecule has 0 N–H and O–H groups in total. The minimum Gasteiger partial charge on any atom is -0.106 e. The molecule has 0 saturated carbocycles. The molecule has 3 aromatic carbocycles. The molecular weight excluding hydrogens is 255 g/mol. The highest BCUT2D eigenvalue weighted by Crippen LogP contribution is 2.25. The van der Waals surface area contributed by atoms with Crippen molar-refractivity contribution in [2.45, 2.75) is 0 Å². The van der Waals surface area contributed by atoms with Gasteiger partial charge < -0.3 is 0 Å². The summed E-state index contributed by atoms with van der Waals surface area (Å²) >= 11 is 3.93. The largest absolute Gasteiger partial charge is 0.106 e. The second-order valence-electron chi connectivity index (χ2n) is 4.22. The zero-order valence-corrected chi connectivity index (χ0v) is 11.7. The molecule has 18 heavy (non-hydrogen) atoms. The van der Waals surface area contributed by atoms with Gasteiger partial charge in [-0.2, -0.15) is 0 Å². The maximum absolute atomic E-state index is 3.93. The second-order valence-corrected chi connectivity index (χ2v) is 5.11. The van der Waals surface area contributed by atoms with Gasteiger partial charge in [-0.1, -0.05) is 48.9 Å². The molecule has 86 valence electrons. The Labute approximate surface area is 114 Å². The lowest BCUT2D eigenvalue weighted by molar-refractivity contribution is 1.72. The Kier molecular flexibility index (Phi) is 3.00. The summed E-state index contributed by atoms with van der Waals surface area (Å²) in [4.78, 5) is 0. The highest BCUT2D eigenvalue weighted by Gasteiger charge is 2.01. The molecule has 0 nitrogen and oxygen atoms in total. The summed E-state index contributed by atoms with van der Waals surface area (Å²) in [5, 5.41) is 8.87. The van der Waals surface area contributed by atoms with E-state index < -0.39 is 0 Å². The van der Waals surface area contributed by atoms with Gasteiger partial charge in [-0.15, -0.1) is 9.24 Å². The van der Waals surface area contributed by atoms with Gasteiger partial charge >= 0.3 is 0 Å². The Hall–Kier alpha value is -1.48. The molecule has 0 saturated heterocycles. The third kappa shape index (κ3) is 1.99. The normalized spacial score (nSPS) is 10.3. The fourth-order valence-corrected chi connectivity index (χ4v) is 2.64. The van der Waals surface area contributed by atoms with Crippen LogP contribution in [-0.2, 0) is 0 Å². The maximum atomic E-state index is 3.93. The molecule has 0 bridgehead atoms. The summed E-state index contributed by atoms with van der Waals surface area (Å²) in [5.74, 6) is 2.97. The van der Waals surface area contributed by atoms with Crippen molar-refractivity contribution >= 4 is 48.7 Å². The van der Waals surface area contributed by atoms with Crippen LogP contribution in [0.3, 0.4) is 0 Å². The predicted octanol–water partition coefficient (Wildman–Crippen LogP) is 3.73. The molecular formula is C16H11PS. The van der Waals surface area contributed by atoms with Crippen LogP contribution >= 0.6 is 21.9 Å². The average Bonchev–Trinajstić information content (AvgIpc) is 2.38. The van der Waals surface area contributed by atoms with Crippen LogP contribution in [0.4, 0.5) is 0 Å². The number of thiol groups is 1. The van der Waals surface area contributed by atoms with Gasteiger partial charge in [0.1, 0.15) is 0 Å². The van der Waals surface area contributed by atoms with Crippen LogP contribution in [0.1, 0.15) is 5.56 Å². The average molecular weight is 266 g/mol. The van der Waals surface area contributed by atoms with E-state index in [1.807, 2.05) is 6.07 Å². The van der Waals surface area contributed by atoms with E-state index >= 15 is 0 Å². The number of hydrogen-bond donors (Lipinski definition) is 1. The lowest BCUT2D eigenvalue weighted by atomic mass is 10.0. The third-order valence-corrected chi connectivity index (χ3v) is 3.53. The van der Waals surface area contributed by atoms with Crippen LogP contribution in [0.5, 0.6) is 0 Å². The standard InChI is InChI=1S/C16H11PS/c17-14-4-6-16-13(10-14)3-2-12-9-11(7-8-18)1-5-15(12)16/h1-6,9-10,18H,17H2. The first-order valence-corrected chi connectivity index (χ1v) is 6.67. The molecule has 0 spiro atoms. The van der Waals surface area contributed by atoms with Gasteiger partial charge in [0.05, 0.1) is 0 Å². The number of hydrogen-bond acceptors (Lipinski definition) is 1. The molecule has 1 unspecified atom stereocenters. The summed E-state index contributed by atoms with van der Waals surface area (Å²) < 4.78 is 0. The van der Waals surface area contributed by atoms with Crippen molar-refractivity contribution in [3.05, 3.63) is 54.1 Å². The van der Waals surface area contributed by atoms with E-state index in [1.54, 1.807) is 0 Å². The molecule has 0 aliphatic rings. The van der Waals surface area contributed by atoms with E-state index in [4.69, 9.17) is 0 Å². The molecule has 0 fully saturated rings. The molecule has 0 aromatic heterocycles.